The van der Waals surface area contributed by atoms with Crippen molar-refractivity contribution in [2.45, 2.75) is 74.2 Å². The zero-order valence-corrected chi connectivity index (χ0v) is 43.3. The normalized spacial score (nSPS) is 15.7. The first-order valence-corrected chi connectivity index (χ1v) is 30.3. The van der Waals surface area contributed by atoms with Crippen LogP contribution in [0, 0.1) is 89.9 Å². The van der Waals surface area contributed by atoms with Gasteiger partial charge in [0.1, 0.15) is 0 Å². The number of unbranched alkanes of at least 4 members (excludes halogenated alkanes) is 2. The third kappa shape index (κ3) is 31.9. The van der Waals surface area contributed by atoms with Gasteiger partial charge in [0.2, 0.25) is 20.0 Å². The van der Waals surface area contributed by atoms with E-state index in [0.717, 1.165) is 49.7 Å². The molecule has 344 valence electrons. The molecule has 0 spiro atoms. The molecule has 2 atom stereocenters. The molecule has 12 radical (unpaired) electrons. The molecule has 2 aliphatic carbocycles. The molecule has 2 saturated carbocycles. The standard InChI is InChI=1S/2C20H28N2O3S.6ClH.2Ru/c2*1-17-10-12-20(13-11-17)26(23,24)22-15-19(21)16-25-14-6-5-9-18-7-3-2-4-8-18;;;;;;;;/h2*2-4,7-8,10-13,19,22H,5-6,9,14-16,21H2,1H3;6*1H;;/q;;;;;;;;2*+2/p-4/t2*19-;;;;;;;;/m11......../s1. The Morgan fingerprint density at radius 3 is 1.15 bits per heavy atom. The van der Waals surface area contributed by atoms with Crippen LogP contribution in [0.5, 0.6) is 0 Å². The maximum absolute atomic E-state index is 12.2. The van der Waals surface area contributed by atoms with Crippen LogP contribution in [0.4, 0.5) is 0 Å². The summed E-state index contributed by atoms with van der Waals surface area (Å²) in [4.78, 5) is 0.495. The fraction of sp³-hybridized carbons (Fsp3) is 0.400. The Morgan fingerprint density at radius 1 is 0.550 bits per heavy atom. The van der Waals surface area contributed by atoms with Gasteiger partial charge in [-0.25, -0.2) is 26.3 Å². The molecule has 0 bridgehead atoms. The Bertz CT molecular complexity index is 1400. The molecule has 60 heavy (non-hydrogen) atoms. The Balaban J connectivity index is 0. The molecule has 2 aliphatic rings. The summed E-state index contributed by atoms with van der Waals surface area (Å²) in [6.45, 7) is 6.06. The average molecular weight is 1170 g/mol. The Labute approximate surface area is 406 Å². The van der Waals surface area contributed by atoms with Gasteiger partial charge in [0.25, 0.3) is 0 Å². The molecular weight excluding hydrogens is 1110 g/mol. The number of hydrogen-bond donors (Lipinski definition) is 4. The minimum absolute atomic E-state index is 0. The molecule has 0 saturated heterocycles. The van der Waals surface area contributed by atoms with Gasteiger partial charge < -0.3 is 20.9 Å². The van der Waals surface area contributed by atoms with E-state index < -0.39 is 20.0 Å². The van der Waals surface area contributed by atoms with E-state index in [4.69, 9.17) is 59.7 Å². The van der Waals surface area contributed by atoms with Gasteiger partial charge in [-0.2, -0.15) is 0 Å². The summed E-state index contributed by atoms with van der Waals surface area (Å²) in [6, 6.07) is 12.7. The quantitative estimate of drug-likeness (QED) is 0.0676. The first kappa shape index (κ1) is 63.2. The molecule has 6 N–H and O–H groups in total. The molecule has 0 heterocycles. The third-order valence-corrected chi connectivity index (χ3v) is 11.0. The van der Waals surface area contributed by atoms with Gasteiger partial charge >= 0.3 is 69.1 Å². The van der Waals surface area contributed by atoms with Crippen molar-refractivity contribution in [1.82, 2.24) is 9.44 Å². The fourth-order valence-corrected chi connectivity index (χ4v) is 7.17. The number of rotatable bonds is 22. The first-order valence-electron chi connectivity index (χ1n) is 18.4. The zero-order valence-electron chi connectivity index (χ0n) is 33.5. The average Bonchev–Trinajstić information content (AvgIpc) is 3.21. The predicted octanol–water partition coefficient (Wildman–Crippen LogP) is 8.39. The molecule has 2 aromatic rings. The van der Waals surface area contributed by atoms with Gasteiger partial charge in [0, 0.05) is 38.4 Å². The van der Waals surface area contributed by atoms with Gasteiger partial charge in [-0.3, -0.25) is 0 Å². The van der Waals surface area contributed by atoms with Crippen molar-refractivity contribution >= 4 is 83.6 Å². The van der Waals surface area contributed by atoms with Gasteiger partial charge in [0.05, 0.1) is 23.0 Å². The second kappa shape index (κ2) is 39.3. The van der Waals surface area contributed by atoms with Crippen molar-refractivity contribution in [3.05, 3.63) is 136 Å². The number of benzene rings is 2. The molecule has 20 heteroatoms. The first-order chi connectivity index (χ1) is 27.8. The molecular formula is C40H58Cl6N4O6Ru2S2. The summed E-state index contributed by atoms with van der Waals surface area (Å²) < 4.78 is 65.0. The van der Waals surface area contributed by atoms with E-state index in [1.807, 2.05) is 52.4 Å². The van der Waals surface area contributed by atoms with Crippen molar-refractivity contribution in [1.29, 1.82) is 0 Å². The number of aryl methyl sites for hydroxylation is 2. The van der Waals surface area contributed by atoms with Crippen molar-refractivity contribution in [2.75, 3.05) is 39.5 Å². The van der Waals surface area contributed by atoms with E-state index in [1.165, 1.54) is 11.8 Å². The molecule has 2 fully saturated rings. The van der Waals surface area contributed by atoms with Crippen LogP contribution in [0.2, 0.25) is 0 Å². The van der Waals surface area contributed by atoms with E-state index in [2.05, 4.69) is 35.1 Å². The molecule has 0 aromatic heterocycles. The van der Waals surface area contributed by atoms with Gasteiger partial charge in [-0.1, -0.05) is 48.2 Å². The summed E-state index contributed by atoms with van der Waals surface area (Å²) in [7, 11) is 12.4. The van der Waals surface area contributed by atoms with Crippen LogP contribution in [0.25, 0.3) is 0 Å². The van der Waals surface area contributed by atoms with Crippen molar-refractivity contribution in [3.63, 3.8) is 0 Å². The number of hydrogen-bond acceptors (Lipinski definition) is 8. The molecule has 2 aromatic carbocycles. The van der Waals surface area contributed by atoms with Crippen molar-refractivity contribution in [2.24, 2.45) is 11.5 Å². The Hall–Kier alpha value is 1.09. The van der Waals surface area contributed by atoms with E-state index in [0.29, 0.717) is 26.4 Å². The van der Waals surface area contributed by atoms with Crippen LogP contribution in [0.3, 0.4) is 0 Å². The number of sulfonamides is 2. The monoisotopic (exact) mass is 1170 g/mol. The van der Waals surface area contributed by atoms with Crippen molar-refractivity contribution < 1.29 is 56.6 Å². The molecule has 0 aliphatic heterocycles. The summed E-state index contributed by atoms with van der Waals surface area (Å²) in [5.74, 6) is 2.66. The van der Waals surface area contributed by atoms with Crippen LogP contribution in [0.1, 0.15) is 49.7 Å². The minimum atomic E-state index is -3.53. The van der Waals surface area contributed by atoms with Gasteiger partial charge in [0.15, 0.2) is 0 Å². The zero-order chi connectivity index (χ0) is 43.1. The van der Waals surface area contributed by atoms with Gasteiger partial charge in [-0.05, 0) is 140 Å². The molecule has 10 nitrogen and oxygen atoms in total. The SMILES string of the molecule is Cc1ccc(S(=O)(=O)NC[C@@H](N)COCCCC[C]2[CH][CH][CH][CH][CH]2)cc1.Cc1ccc(S(=O)(=O)NC[C@@H](N)COCCCC[C]2[CH][CH][CH][CH][CH]2)cc1.Cl.Cl.[Cl][Ru][Cl].[Cl][Ru][Cl]. The van der Waals surface area contributed by atoms with Crippen molar-refractivity contribution in [3.8, 4) is 0 Å². The summed E-state index contributed by atoms with van der Waals surface area (Å²) in [5, 5.41) is 0. The number of nitrogens with two attached hydrogens (primary N) is 2. The van der Waals surface area contributed by atoms with Crippen LogP contribution in [-0.4, -0.2) is 68.4 Å². The topological polar surface area (TPSA) is 163 Å². The summed E-state index contributed by atoms with van der Waals surface area (Å²) >= 11 is -0.691. The number of nitrogens with one attached hydrogen (secondary N) is 2. The summed E-state index contributed by atoms with van der Waals surface area (Å²) in [6.07, 6.45) is 26.8. The Kier molecular flexibility index (Phi) is 41.3. The van der Waals surface area contributed by atoms with E-state index >= 15 is 0 Å². The van der Waals surface area contributed by atoms with E-state index in [-0.39, 0.29) is 90.1 Å². The van der Waals surface area contributed by atoms with E-state index in [9.17, 15) is 16.8 Å². The van der Waals surface area contributed by atoms with Crippen LogP contribution in [0.15, 0.2) is 58.3 Å². The second-order valence-electron chi connectivity index (χ2n) is 13.0. The number of halogens is 6. The molecule has 0 unspecified atom stereocenters. The van der Waals surface area contributed by atoms with Gasteiger partial charge in [-0.15, -0.1) is 24.8 Å². The second-order valence-corrected chi connectivity index (χ2v) is 21.8. The third-order valence-electron chi connectivity index (χ3n) is 8.09. The number of ether oxygens (including phenoxy) is 2. The molecule has 0 amide bonds. The van der Waals surface area contributed by atoms with Crippen LogP contribution in [-0.2, 0) is 59.8 Å². The fourth-order valence-electron chi connectivity index (χ4n) is 4.98. The van der Waals surface area contributed by atoms with E-state index in [1.54, 1.807) is 48.5 Å². The van der Waals surface area contributed by atoms with Crippen LogP contribution >= 0.6 is 63.6 Å². The Morgan fingerprint density at radius 2 is 0.850 bits per heavy atom. The van der Waals surface area contributed by atoms with Crippen LogP contribution < -0.4 is 20.9 Å². The molecule has 4 rings (SSSR count). The maximum atomic E-state index is 12.2. The predicted molar refractivity (Wildman–Crippen MR) is 245 cm³/mol. The summed E-state index contributed by atoms with van der Waals surface area (Å²) in [5.41, 5.74) is 13.9.